The zero-order chi connectivity index (χ0) is 13.1. The number of carbonyl (C=O) groups excluding carboxylic acids is 1. The lowest BCUT2D eigenvalue weighted by atomic mass is 9.92. The number of nitrogens with zero attached hydrogens (tertiary/aromatic N) is 2. The van der Waals surface area contributed by atoms with Gasteiger partial charge in [0.05, 0.1) is 17.3 Å². The predicted molar refractivity (Wildman–Crippen MR) is 75.0 cm³/mol. The molecule has 0 bridgehead atoms. The first-order valence-corrected chi connectivity index (χ1v) is 6.00. The second-order valence-electron chi connectivity index (χ2n) is 4.41. The third-order valence-corrected chi connectivity index (χ3v) is 3.60. The number of halogens is 1. The first-order valence-electron chi connectivity index (χ1n) is 6.00. The molecule has 0 aliphatic rings. The highest BCUT2D eigenvalue weighted by Crippen LogP contribution is 2.15. The fraction of sp³-hybridized carbons (Fsp3) is 0.667. The maximum Gasteiger partial charge on any atom is 0.255 e. The SMILES string of the molecule is CCC(CC)(CN)NC(=O)c1cnn(C)c1C.Cl. The summed E-state index contributed by atoms with van der Waals surface area (Å²) in [6.07, 6.45) is 3.24. The molecule has 1 heterocycles. The van der Waals surface area contributed by atoms with Crippen molar-refractivity contribution in [3.8, 4) is 0 Å². The number of amides is 1. The first-order chi connectivity index (χ1) is 7.99. The molecule has 1 amide bonds. The fourth-order valence-electron chi connectivity index (χ4n) is 1.80. The highest BCUT2D eigenvalue weighted by molar-refractivity contribution is 5.95. The van der Waals surface area contributed by atoms with Crippen LogP contribution < -0.4 is 11.1 Å². The zero-order valence-corrected chi connectivity index (χ0v) is 12.3. The van der Waals surface area contributed by atoms with E-state index in [-0.39, 0.29) is 23.9 Å². The van der Waals surface area contributed by atoms with E-state index in [4.69, 9.17) is 5.73 Å². The summed E-state index contributed by atoms with van der Waals surface area (Å²) < 4.78 is 1.69. The molecule has 0 aliphatic carbocycles. The van der Waals surface area contributed by atoms with E-state index in [2.05, 4.69) is 10.4 Å². The molecule has 0 fully saturated rings. The normalized spacial score (nSPS) is 10.9. The number of aryl methyl sites for hydroxylation is 1. The molecule has 3 N–H and O–H groups in total. The van der Waals surface area contributed by atoms with Crippen molar-refractivity contribution < 1.29 is 4.79 Å². The van der Waals surface area contributed by atoms with Gasteiger partial charge in [0, 0.05) is 19.3 Å². The van der Waals surface area contributed by atoms with Crippen molar-refractivity contribution in [2.24, 2.45) is 12.8 Å². The predicted octanol–water partition coefficient (Wildman–Crippen LogP) is 1.40. The Labute approximate surface area is 115 Å². The van der Waals surface area contributed by atoms with Gasteiger partial charge in [-0.05, 0) is 19.8 Å². The van der Waals surface area contributed by atoms with E-state index in [0.717, 1.165) is 18.5 Å². The number of hydrogen-bond acceptors (Lipinski definition) is 3. The molecule has 1 rings (SSSR count). The quantitative estimate of drug-likeness (QED) is 0.852. The maximum atomic E-state index is 12.2. The van der Waals surface area contributed by atoms with Crippen LogP contribution in [0.15, 0.2) is 6.20 Å². The summed E-state index contributed by atoms with van der Waals surface area (Å²) in [5.41, 5.74) is 6.94. The van der Waals surface area contributed by atoms with E-state index in [0.29, 0.717) is 12.1 Å². The van der Waals surface area contributed by atoms with Gasteiger partial charge in [0.15, 0.2) is 0 Å². The van der Waals surface area contributed by atoms with Gasteiger partial charge in [-0.3, -0.25) is 9.48 Å². The standard InChI is InChI=1S/C12H22N4O.ClH/c1-5-12(6-2,8-13)15-11(17)10-7-14-16(4)9(10)3;/h7H,5-6,8,13H2,1-4H3,(H,15,17);1H. The van der Waals surface area contributed by atoms with Crippen LogP contribution in [-0.2, 0) is 7.05 Å². The molecule has 0 saturated carbocycles. The largest absolute Gasteiger partial charge is 0.345 e. The average Bonchev–Trinajstić information content (AvgIpc) is 2.67. The molecule has 6 heteroatoms. The number of aromatic nitrogens is 2. The Morgan fingerprint density at radius 3 is 2.39 bits per heavy atom. The summed E-state index contributed by atoms with van der Waals surface area (Å²) in [5, 5.41) is 7.10. The summed E-state index contributed by atoms with van der Waals surface area (Å²) in [5.74, 6) is -0.0928. The van der Waals surface area contributed by atoms with Gasteiger partial charge in [-0.15, -0.1) is 12.4 Å². The number of carbonyl (C=O) groups is 1. The third kappa shape index (κ3) is 3.23. The van der Waals surface area contributed by atoms with E-state index >= 15 is 0 Å². The number of rotatable bonds is 5. The lowest BCUT2D eigenvalue weighted by Gasteiger charge is -2.31. The Bertz CT molecular complexity index is 391. The summed E-state index contributed by atoms with van der Waals surface area (Å²) in [6, 6.07) is 0. The zero-order valence-electron chi connectivity index (χ0n) is 11.5. The highest BCUT2D eigenvalue weighted by Gasteiger charge is 2.27. The Morgan fingerprint density at radius 2 is 2.06 bits per heavy atom. The van der Waals surface area contributed by atoms with Crippen molar-refractivity contribution in [3.63, 3.8) is 0 Å². The summed E-state index contributed by atoms with van der Waals surface area (Å²) in [7, 11) is 1.82. The lowest BCUT2D eigenvalue weighted by molar-refractivity contribution is 0.0894. The van der Waals surface area contributed by atoms with Crippen molar-refractivity contribution in [2.45, 2.75) is 39.2 Å². The molecule has 0 aromatic carbocycles. The number of nitrogens with one attached hydrogen (secondary N) is 1. The fourth-order valence-corrected chi connectivity index (χ4v) is 1.80. The van der Waals surface area contributed by atoms with Crippen LogP contribution in [0.25, 0.3) is 0 Å². The molecular weight excluding hydrogens is 252 g/mol. The number of hydrogen-bond donors (Lipinski definition) is 2. The van der Waals surface area contributed by atoms with Gasteiger partial charge < -0.3 is 11.1 Å². The molecule has 0 spiro atoms. The maximum absolute atomic E-state index is 12.2. The van der Waals surface area contributed by atoms with E-state index in [1.54, 1.807) is 10.9 Å². The van der Waals surface area contributed by atoms with Crippen molar-refractivity contribution in [3.05, 3.63) is 17.5 Å². The minimum Gasteiger partial charge on any atom is -0.345 e. The third-order valence-electron chi connectivity index (χ3n) is 3.60. The van der Waals surface area contributed by atoms with E-state index < -0.39 is 0 Å². The second-order valence-corrected chi connectivity index (χ2v) is 4.41. The molecule has 0 aliphatic heterocycles. The minimum atomic E-state index is -0.306. The Morgan fingerprint density at radius 1 is 1.50 bits per heavy atom. The van der Waals surface area contributed by atoms with Crippen molar-refractivity contribution in [1.29, 1.82) is 0 Å². The van der Waals surface area contributed by atoms with Crippen LogP contribution in [0.4, 0.5) is 0 Å². The van der Waals surface area contributed by atoms with Crippen molar-refractivity contribution in [2.75, 3.05) is 6.54 Å². The van der Waals surface area contributed by atoms with Crippen LogP contribution in [-0.4, -0.2) is 27.8 Å². The van der Waals surface area contributed by atoms with Crippen molar-refractivity contribution in [1.82, 2.24) is 15.1 Å². The summed E-state index contributed by atoms with van der Waals surface area (Å²) in [4.78, 5) is 12.2. The Kier molecular flexibility index (Phi) is 6.35. The summed E-state index contributed by atoms with van der Waals surface area (Å²) >= 11 is 0. The molecular formula is C12H23ClN4O. The van der Waals surface area contributed by atoms with Crippen LogP contribution in [0, 0.1) is 6.92 Å². The number of nitrogens with two attached hydrogens (primary N) is 1. The van der Waals surface area contributed by atoms with Crippen LogP contribution in [0.5, 0.6) is 0 Å². The van der Waals surface area contributed by atoms with E-state index in [1.165, 1.54) is 0 Å². The molecule has 0 unspecified atom stereocenters. The molecule has 0 saturated heterocycles. The van der Waals surface area contributed by atoms with Gasteiger partial charge in [0.2, 0.25) is 0 Å². The van der Waals surface area contributed by atoms with Crippen LogP contribution in [0.1, 0.15) is 42.7 Å². The molecule has 18 heavy (non-hydrogen) atoms. The molecule has 0 radical (unpaired) electrons. The average molecular weight is 275 g/mol. The van der Waals surface area contributed by atoms with Gasteiger partial charge in [-0.2, -0.15) is 5.10 Å². The van der Waals surface area contributed by atoms with Crippen LogP contribution in [0.3, 0.4) is 0 Å². The highest BCUT2D eigenvalue weighted by atomic mass is 35.5. The van der Waals surface area contributed by atoms with Crippen LogP contribution >= 0.6 is 12.4 Å². The Balaban J connectivity index is 0.00000289. The lowest BCUT2D eigenvalue weighted by Crippen LogP contribution is -2.52. The molecule has 1 aromatic rings. The second kappa shape index (κ2) is 6.75. The first kappa shape index (κ1) is 16.9. The van der Waals surface area contributed by atoms with Gasteiger partial charge in [0.1, 0.15) is 0 Å². The van der Waals surface area contributed by atoms with Gasteiger partial charge in [-0.1, -0.05) is 13.8 Å². The van der Waals surface area contributed by atoms with Gasteiger partial charge >= 0.3 is 0 Å². The van der Waals surface area contributed by atoms with E-state index in [1.807, 2.05) is 27.8 Å². The van der Waals surface area contributed by atoms with Gasteiger partial charge in [0.25, 0.3) is 5.91 Å². The molecule has 1 aromatic heterocycles. The smallest absolute Gasteiger partial charge is 0.255 e. The minimum absolute atomic E-state index is 0. The monoisotopic (exact) mass is 274 g/mol. The molecule has 5 nitrogen and oxygen atoms in total. The topological polar surface area (TPSA) is 72.9 Å². The van der Waals surface area contributed by atoms with Crippen LogP contribution in [0.2, 0.25) is 0 Å². The summed E-state index contributed by atoms with van der Waals surface area (Å²) in [6.45, 7) is 6.40. The molecule has 104 valence electrons. The van der Waals surface area contributed by atoms with E-state index in [9.17, 15) is 4.79 Å². The molecule has 0 atom stereocenters. The Hall–Kier alpha value is -1.07. The van der Waals surface area contributed by atoms with Crippen molar-refractivity contribution >= 4 is 18.3 Å². The van der Waals surface area contributed by atoms with Gasteiger partial charge in [-0.25, -0.2) is 0 Å².